The zero-order valence-electron chi connectivity index (χ0n) is 19.4. The summed E-state index contributed by atoms with van der Waals surface area (Å²) in [6.45, 7) is 8.83. The van der Waals surface area contributed by atoms with Gasteiger partial charge in [-0.3, -0.25) is 0 Å². The average Bonchev–Trinajstić information content (AvgIpc) is 3.52. The summed E-state index contributed by atoms with van der Waals surface area (Å²) in [5.74, 6) is 1.71. The van der Waals surface area contributed by atoms with Crippen LogP contribution in [-0.2, 0) is 0 Å². The van der Waals surface area contributed by atoms with E-state index in [2.05, 4.69) is 79.4 Å². The highest BCUT2D eigenvalue weighted by Crippen LogP contribution is 2.56. The van der Waals surface area contributed by atoms with Gasteiger partial charge in [-0.2, -0.15) is 0 Å². The van der Waals surface area contributed by atoms with Gasteiger partial charge in [-0.25, -0.2) is 0 Å². The highest BCUT2D eigenvalue weighted by molar-refractivity contribution is 5.86. The monoisotopic (exact) mass is 424 g/mol. The first-order chi connectivity index (χ1) is 15.5. The third-order valence-electron chi connectivity index (χ3n) is 7.85. The quantitative estimate of drug-likeness (QED) is 0.443. The Morgan fingerprint density at radius 2 is 1.62 bits per heavy atom. The fraction of sp³-hybridized carbons (Fsp3) is 0.414. The normalized spacial score (nSPS) is 19.7. The van der Waals surface area contributed by atoms with E-state index in [9.17, 15) is 0 Å². The molecule has 0 atom stereocenters. The molecule has 1 aromatic heterocycles. The molecule has 0 bridgehead atoms. The van der Waals surface area contributed by atoms with Crippen molar-refractivity contribution in [1.82, 2.24) is 5.16 Å². The maximum Gasteiger partial charge on any atom is 0.147 e. The number of allylic oxidation sites excluding steroid dienone is 2. The van der Waals surface area contributed by atoms with Crippen LogP contribution in [0.15, 0.2) is 53.1 Å². The maximum atomic E-state index is 6.00. The van der Waals surface area contributed by atoms with Crippen molar-refractivity contribution < 1.29 is 4.52 Å². The standard InChI is InChI=1S/C29H32N2O/c1-19-6-4-9-24(16-19)31-14-12-29(13-15-31)17-23(18-29)26-27(30-32-28(26)22-10-11-22)25-20(2)7-5-8-21(25)3/h4-9,16-17,22H,10-15,18H2,1-3H3. The fourth-order valence-electron chi connectivity index (χ4n) is 5.83. The summed E-state index contributed by atoms with van der Waals surface area (Å²) in [7, 11) is 0. The van der Waals surface area contributed by atoms with E-state index in [1.165, 1.54) is 64.8 Å². The number of rotatable bonds is 4. The summed E-state index contributed by atoms with van der Waals surface area (Å²) >= 11 is 0. The molecule has 1 saturated heterocycles. The van der Waals surface area contributed by atoms with E-state index in [1.54, 1.807) is 0 Å². The zero-order chi connectivity index (χ0) is 21.9. The van der Waals surface area contributed by atoms with Crippen LogP contribution >= 0.6 is 0 Å². The average molecular weight is 425 g/mol. The molecule has 3 heteroatoms. The smallest absolute Gasteiger partial charge is 0.147 e. The van der Waals surface area contributed by atoms with Gasteiger partial charge >= 0.3 is 0 Å². The molecule has 0 N–H and O–H groups in total. The van der Waals surface area contributed by atoms with Crippen LogP contribution in [0.1, 0.15) is 66.0 Å². The topological polar surface area (TPSA) is 29.3 Å². The van der Waals surface area contributed by atoms with E-state index in [0.29, 0.717) is 11.3 Å². The molecule has 32 heavy (non-hydrogen) atoms. The second-order valence-corrected chi connectivity index (χ2v) is 10.3. The number of benzene rings is 2. The first-order valence-electron chi connectivity index (χ1n) is 12.1. The lowest BCUT2D eigenvalue weighted by Gasteiger charge is -2.47. The minimum atomic E-state index is 0.353. The molecule has 0 unspecified atom stereocenters. The second-order valence-electron chi connectivity index (χ2n) is 10.3. The number of aryl methyl sites for hydroxylation is 3. The summed E-state index contributed by atoms with van der Waals surface area (Å²) in [6.07, 6.45) is 8.67. The molecule has 2 aliphatic carbocycles. The SMILES string of the molecule is Cc1cccc(N2CCC3(C=C(c4c(-c5c(C)cccc5C)noc4C4CC4)C3)CC2)c1. The van der Waals surface area contributed by atoms with Crippen molar-refractivity contribution in [2.75, 3.05) is 18.0 Å². The Morgan fingerprint density at radius 3 is 2.28 bits per heavy atom. The molecule has 3 aromatic rings. The van der Waals surface area contributed by atoms with Crippen molar-refractivity contribution in [2.45, 2.75) is 58.8 Å². The first kappa shape index (κ1) is 19.8. The van der Waals surface area contributed by atoms with Crippen LogP contribution in [0.25, 0.3) is 16.8 Å². The molecule has 0 amide bonds. The fourth-order valence-corrected chi connectivity index (χ4v) is 5.83. The van der Waals surface area contributed by atoms with E-state index < -0.39 is 0 Å². The van der Waals surface area contributed by atoms with Crippen LogP contribution < -0.4 is 4.90 Å². The summed E-state index contributed by atoms with van der Waals surface area (Å²) in [4.78, 5) is 2.56. The van der Waals surface area contributed by atoms with Gasteiger partial charge < -0.3 is 9.42 Å². The molecule has 2 aromatic carbocycles. The molecular formula is C29H32N2O. The number of nitrogens with zero attached hydrogens (tertiary/aromatic N) is 2. The van der Waals surface area contributed by atoms with Gasteiger partial charge in [-0.15, -0.1) is 0 Å². The molecule has 1 aliphatic heterocycles. The van der Waals surface area contributed by atoms with Gasteiger partial charge in [0.1, 0.15) is 11.5 Å². The van der Waals surface area contributed by atoms with Crippen molar-refractivity contribution in [3.8, 4) is 11.3 Å². The largest absolute Gasteiger partial charge is 0.371 e. The van der Waals surface area contributed by atoms with Gasteiger partial charge in [0.15, 0.2) is 0 Å². The van der Waals surface area contributed by atoms with Crippen molar-refractivity contribution in [1.29, 1.82) is 0 Å². The van der Waals surface area contributed by atoms with E-state index in [4.69, 9.17) is 4.52 Å². The lowest BCUT2D eigenvalue weighted by molar-refractivity contribution is 0.277. The maximum absolute atomic E-state index is 6.00. The number of anilines is 1. The molecule has 2 heterocycles. The summed E-state index contributed by atoms with van der Waals surface area (Å²) < 4.78 is 6.00. The Hall–Kier alpha value is -2.81. The van der Waals surface area contributed by atoms with Crippen molar-refractivity contribution in [3.05, 3.63) is 76.6 Å². The summed E-state index contributed by atoms with van der Waals surface area (Å²) in [5, 5.41) is 4.64. The Morgan fingerprint density at radius 1 is 0.938 bits per heavy atom. The van der Waals surface area contributed by atoms with E-state index in [0.717, 1.165) is 31.0 Å². The van der Waals surface area contributed by atoms with Crippen molar-refractivity contribution in [3.63, 3.8) is 0 Å². The number of aromatic nitrogens is 1. The zero-order valence-corrected chi connectivity index (χ0v) is 19.4. The third kappa shape index (κ3) is 3.30. The highest BCUT2D eigenvalue weighted by Gasteiger charge is 2.44. The molecule has 2 fully saturated rings. The molecule has 0 radical (unpaired) electrons. The second kappa shape index (κ2) is 7.37. The third-order valence-corrected chi connectivity index (χ3v) is 7.85. The first-order valence-corrected chi connectivity index (χ1v) is 12.1. The van der Waals surface area contributed by atoms with Crippen LogP contribution in [-0.4, -0.2) is 18.2 Å². The van der Waals surface area contributed by atoms with E-state index >= 15 is 0 Å². The van der Waals surface area contributed by atoms with Gasteiger partial charge in [-0.05, 0) is 92.7 Å². The minimum absolute atomic E-state index is 0.353. The number of hydrogen-bond donors (Lipinski definition) is 0. The molecule has 6 rings (SSSR count). The van der Waals surface area contributed by atoms with Crippen LogP contribution in [0, 0.1) is 26.2 Å². The summed E-state index contributed by atoms with van der Waals surface area (Å²) in [5.41, 5.74) is 10.7. The van der Waals surface area contributed by atoms with Crippen LogP contribution in [0.5, 0.6) is 0 Å². The number of hydrogen-bond acceptors (Lipinski definition) is 3. The Balaban J connectivity index is 1.29. The van der Waals surface area contributed by atoms with Gasteiger partial charge in [0.2, 0.25) is 0 Å². The van der Waals surface area contributed by atoms with Crippen LogP contribution in [0.3, 0.4) is 0 Å². The molecule has 164 valence electrons. The predicted octanol–water partition coefficient (Wildman–Crippen LogP) is 7.22. The Bertz CT molecular complexity index is 1190. The van der Waals surface area contributed by atoms with Gasteiger partial charge in [0.05, 0.1) is 0 Å². The lowest BCUT2D eigenvalue weighted by Crippen LogP contribution is -2.42. The molecule has 1 spiro atoms. The molecular weight excluding hydrogens is 392 g/mol. The van der Waals surface area contributed by atoms with Gasteiger partial charge in [-0.1, -0.05) is 41.6 Å². The van der Waals surface area contributed by atoms with E-state index in [-0.39, 0.29) is 0 Å². The van der Waals surface area contributed by atoms with E-state index in [1.807, 2.05) is 0 Å². The molecule has 3 nitrogen and oxygen atoms in total. The van der Waals surface area contributed by atoms with Crippen LogP contribution in [0.2, 0.25) is 0 Å². The van der Waals surface area contributed by atoms with Gasteiger partial charge in [0, 0.05) is 35.8 Å². The number of piperidine rings is 1. The van der Waals surface area contributed by atoms with Crippen molar-refractivity contribution >= 4 is 11.3 Å². The lowest BCUT2D eigenvalue weighted by atomic mass is 9.63. The van der Waals surface area contributed by atoms with Gasteiger partial charge in [0.25, 0.3) is 0 Å². The molecule has 1 saturated carbocycles. The minimum Gasteiger partial charge on any atom is -0.371 e. The van der Waals surface area contributed by atoms with Crippen molar-refractivity contribution in [2.24, 2.45) is 5.41 Å². The summed E-state index contributed by atoms with van der Waals surface area (Å²) in [6, 6.07) is 15.4. The predicted molar refractivity (Wildman–Crippen MR) is 131 cm³/mol. The highest BCUT2D eigenvalue weighted by atomic mass is 16.5. The Labute approximate surface area is 191 Å². The van der Waals surface area contributed by atoms with Crippen LogP contribution in [0.4, 0.5) is 5.69 Å². The Kier molecular flexibility index (Phi) is 4.57. The molecule has 3 aliphatic rings.